The van der Waals surface area contributed by atoms with Crippen LogP contribution >= 0.6 is 0 Å². The molecule has 0 radical (unpaired) electrons. The fraction of sp³-hybridized carbons (Fsp3) is 0.750. The summed E-state index contributed by atoms with van der Waals surface area (Å²) in [5.41, 5.74) is 4.85. The van der Waals surface area contributed by atoms with Crippen LogP contribution in [0.25, 0.3) is 0 Å². The molecule has 0 nitrogen and oxygen atoms in total. The Balaban J connectivity index is 3.10. The lowest BCUT2D eigenvalue weighted by Gasteiger charge is -2.31. The molecular weight excluding hydrogens is 192 g/mol. The molecule has 0 aromatic heterocycles. The fourth-order valence-corrected chi connectivity index (χ4v) is 2.73. The predicted molar refractivity (Wildman–Crippen MR) is 73.4 cm³/mol. The molecule has 0 bridgehead atoms. The Bertz CT molecular complexity index is 300. The molecule has 0 N–H and O–H groups in total. The van der Waals surface area contributed by atoms with Gasteiger partial charge in [-0.25, -0.2) is 0 Å². The highest BCUT2D eigenvalue weighted by Crippen LogP contribution is 2.38. The van der Waals surface area contributed by atoms with E-state index in [2.05, 4.69) is 54.5 Å². The number of rotatable bonds is 3. The summed E-state index contributed by atoms with van der Waals surface area (Å²) in [6, 6.07) is 0. The van der Waals surface area contributed by atoms with E-state index in [-0.39, 0.29) is 0 Å². The van der Waals surface area contributed by atoms with Crippen molar-refractivity contribution in [3.63, 3.8) is 0 Å². The standard InChI is InChI=1S/C16H28/c1-10(2)14-8-15(11(3)4)13(7)16(9-14)12(5)6/h8,10-12,14H,9H2,1-7H3/t14-/m0/s1. The molecular formula is C16H28. The van der Waals surface area contributed by atoms with E-state index < -0.39 is 0 Å². The van der Waals surface area contributed by atoms with Crippen LogP contribution in [0.15, 0.2) is 22.8 Å². The minimum absolute atomic E-state index is 0.662. The van der Waals surface area contributed by atoms with Crippen molar-refractivity contribution >= 4 is 0 Å². The van der Waals surface area contributed by atoms with Crippen LogP contribution in [0, 0.1) is 23.7 Å². The predicted octanol–water partition coefficient (Wildman–Crippen LogP) is 5.22. The zero-order valence-electron chi connectivity index (χ0n) is 12.1. The van der Waals surface area contributed by atoms with E-state index >= 15 is 0 Å². The maximum atomic E-state index is 2.54. The van der Waals surface area contributed by atoms with Crippen LogP contribution in [0.3, 0.4) is 0 Å². The minimum Gasteiger partial charge on any atom is -0.0771 e. The molecule has 16 heavy (non-hydrogen) atoms. The summed E-state index contributed by atoms with van der Waals surface area (Å²) < 4.78 is 0. The van der Waals surface area contributed by atoms with Gasteiger partial charge in [-0.3, -0.25) is 0 Å². The van der Waals surface area contributed by atoms with Crippen molar-refractivity contribution in [2.75, 3.05) is 0 Å². The van der Waals surface area contributed by atoms with Gasteiger partial charge in [0, 0.05) is 0 Å². The Labute approximate surface area is 102 Å². The third-order valence-electron chi connectivity index (χ3n) is 3.94. The van der Waals surface area contributed by atoms with Crippen LogP contribution in [-0.2, 0) is 0 Å². The summed E-state index contributed by atoms with van der Waals surface area (Å²) in [5.74, 6) is 2.87. The molecule has 0 heteroatoms. The number of allylic oxidation sites excluding steroid dienone is 4. The summed E-state index contributed by atoms with van der Waals surface area (Å²) in [4.78, 5) is 0. The maximum absolute atomic E-state index is 2.54. The summed E-state index contributed by atoms with van der Waals surface area (Å²) >= 11 is 0. The van der Waals surface area contributed by atoms with E-state index in [0.29, 0.717) is 11.8 Å². The number of hydrogen-bond acceptors (Lipinski definition) is 0. The zero-order valence-corrected chi connectivity index (χ0v) is 12.1. The highest BCUT2D eigenvalue weighted by atomic mass is 14.3. The average Bonchev–Trinajstić information content (AvgIpc) is 2.16. The summed E-state index contributed by atoms with van der Waals surface area (Å²) in [7, 11) is 0. The molecule has 1 rings (SSSR count). The van der Waals surface area contributed by atoms with Crippen molar-refractivity contribution < 1.29 is 0 Å². The van der Waals surface area contributed by atoms with E-state index in [1.807, 2.05) is 0 Å². The van der Waals surface area contributed by atoms with Crippen molar-refractivity contribution in [3.05, 3.63) is 22.8 Å². The van der Waals surface area contributed by atoms with Crippen molar-refractivity contribution in [2.24, 2.45) is 23.7 Å². The summed E-state index contributed by atoms with van der Waals surface area (Å²) in [5, 5.41) is 0. The Morgan fingerprint density at radius 3 is 1.94 bits per heavy atom. The molecule has 0 saturated carbocycles. The summed E-state index contributed by atoms with van der Waals surface area (Å²) in [6.07, 6.45) is 3.81. The van der Waals surface area contributed by atoms with Crippen molar-refractivity contribution in [2.45, 2.75) is 54.9 Å². The van der Waals surface area contributed by atoms with Gasteiger partial charge in [-0.15, -0.1) is 0 Å². The topological polar surface area (TPSA) is 0 Å². The Morgan fingerprint density at radius 2 is 1.56 bits per heavy atom. The molecule has 0 saturated heterocycles. The fourth-order valence-electron chi connectivity index (χ4n) is 2.73. The molecule has 0 heterocycles. The maximum Gasteiger partial charge on any atom is -0.0167 e. The molecule has 0 fully saturated rings. The highest BCUT2D eigenvalue weighted by Gasteiger charge is 2.24. The first-order chi connectivity index (χ1) is 7.34. The lowest BCUT2D eigenvalue weighted by Crippen LogP contribution is -2.18. The van der Waals surface area contributed by atoms with Crippen LogP contribution in [0.2, 0.25) is 0 Å². The SMILES string of the molecule is CC1=C(C(C)C)C[C@@H](C(C)C)C=C1C(C)C. The third kappa shape index (κ3) is 2.78. The smallest absolute Gasteiger partial charge is 0.0167 e. The molecule has 0 spiro atoms. The van der Waals surface area contributed by atoms with Gasteiger partial charge in [-0.05, 0) is 48.2 Å². The molecule has 1 aliphatic carbocycles. The minimum atomic E-state index is 0.662. The summed E-state index contributed by atoms with van der Waals surface area (Å²) in [6.45, 7) is 16.3. The van der Waals surface area contributed by atoms with Crippen LogP contribution in [0.4, 0.5) is 0 Å². The molecule has 0 amide bonds. The first-order valence-corrected chi connectivity index (χ1v) is 6.76. The largest absolute Gasteiger partial charge is 0.0771 e. The Hall–Kier alpha value is -0.520. The first kappa shape index (κ1) is 13.5. The van der Waals surface area contributed by atoms with Gasteiger partial charge < -0.3 is 0 Å². The first-order valence-electron chi connectivity index (χ1n) is 6.76. The Morgan fingerprint density at radius 1 is 1.00 bits per heavy atom. The molecule has 0 aliphatic heterocycles. The van der Waals surface area contributed by atoms with E-state index in [0.717, 1.165) is 11.8 Å². The lowest BCUT2D eigenvalue weighted by atomic mass is 9.74. The second-order valence-electron chi connectivity index (χ2n) is 6.19. The molecule has 1 aliphatic rings. The van der Waals surface area contributed by atoms with Crippen LogP contribution in [0.5, 0.6) is 0 Å². The van der Waals surface area contributed by atoms with E-state index in [4.69, 9.17) is 0 Å². The molecule has 1 atom stereocenters. The van der Waals surface area contributed by atoms with Gasteiger partial charge >= 0.3 is 0 Å². The van der Waals surface area contributed by atoms with E-state index in [1.165, 1.54) is 6.42 Å². The molecule has 0 unspecified atom stereocenters. The normalized spacial score (nSPS) is 22.4. The van der Waals surface area contributed by atoms with Gasteiger partial charge in [0.25, 0.3) is 0 Å². The van der Waals surface area contributed by atoms with Crippen molar-refractivity contribution in [1.82, 2.24) is 0 Å². The molecule has 92 valence electrons. The van der Waals surface area contributed by atoms with Crippen molar-refractivity contribution in [1.29, 1.82) is 0 Å². The monoisotopic (exact) mass is 220 g/mol. The van der Waals surface area contributed by atoms with Gasteiger partial charge in [0.15, 0.2) is 0 Å². The second kappa shape index (κ2) is 5.21. The molecule has 0 aromatic carbocycles. The lowest BCUT2D eigenvalue weighted by molar-refractivity contribution is 0.433. The van der Waals surface area contributed by atoms with Gasteiger partial charge in [0.05, 0.1) is 0 Å². The highest BCUT2D eigenvalue weighted by molar-refractivity contribution is 5.40. The molecule has 0 aromatic rings. The van der Waals surface area contributed by atoms with E-state index in [9.17, 15) is 0 Å². The van der Waals surface area contributed by atoms with Crippen LogP contribution < -0.4 is 0 Å². The van der Waals surface area contributed by atoms with Gasteiger partial charge in [0.1, 0.15) is 0 Å². The van der Waals surface area contributed by atoms with E-state index in [1.54, 1.807) is 16.7 Å². The van der Waals surface area contributed by atoms with Gasteiger partial charge in [-0.1, -0.05) is 53.2 Å². The zero-order chi connectivity index (χ0) is 12.5. The number of hydrogen-bond donors (Lipinski definition) is 0. The Kier molecular flexibility index (Phi) is 4.41. The quantitative estimate of drug-likeness (QED) is 0.612. The van der Waals surface area contributed by atoms with Gasteiger partial charge in [0.2, 0.25) is 0 Å². The second-order valence-corrected chi connectivity index (χ2v) is 6.19. The van der Waals surface area contributed by atoms with Crippen molar-refractivity contribution in [3.8, 4) is 0 Å². The van der Waals surface area contributed by atoms with Crippen LogP contribution in [0.1, 0.15) is 54.9 Å². The average molecular weight is 220 g/mol. The third-order valence-corrected chi connectivity index (χ3v) is 3.94. The van der Waals surface area contributed by atoms with Gasteiger partial charge in [-0.2, -0.15) is 0 Å². The van der Waals surface area contributed by atoms with Crippen LogP contribution in [-0.4, -0.2) is 0 Å².